The third-order valence-electron chi connectivity index (χ3n) is 0.950. The summed E-state index contributed by atoms with van der Waals surface area (Å²) in [4.78, 5) is 10.1. The predicted octanol–water partition coefficient (Wildman–Crippen LogP) is -0.673. The smallest absolute Gasteiger partial charge is 0.320 e. The van der Waals surface area contributed by atoms with Gasteiger partial charge in [0.15, 0.2) is 0 Å². The van der Waals surface area contributed by atoms with Crippen LogP contribution in [0.4, 0.5) is 0 Å². The minimum atomic E-state index is -0.913. The van der Waals surface area contributed by atoms with Gasteiger partial charge in [0.25, 0.3) is 0 Å². The van der Waals surface area contributed by atoms with Crippen LogP contribution in [0.15, 0.2) is 0 Å². The fourth-order valence-electron chi connectivity index (χ4n) is 0.368. The number of hydrogen-bond acceptors (Lipinski definition) is 3. The molecule has 5 heteroatoms. The van der Waals surface area contributed by atoms with Crippen LogP contribution in [0.3, 0.4) is 0 Å². The molecule has 0 radical (unpaired) electrons. The van der Waals surface area contributed by atoms with Crippen LogP contribution in [0.5, 0.6) is 0 Å². The molecule has 0 aromatic rings. The normalized spacial score (nSPS) is 11.8. The van der Waals surface area contributed by atoms with Gasteiger partial charge >= 0.3 is 5.97 Å². The van der Waals surface area contributed by atoms with Gasteiger partial charge in [-0.3, -0.25) is 4.79 Å². The summed E-state index contributed by atoms with van der Waals surface area (Å²) in [6.07, 6.45) is 2.48. The van der Waals surface area contributed by atoms with Gasteiger partial charge in [0.05, 0.1) is 0 Å². The first-order valence-corrected chi connectivity index (χ1v) is 4.05. The molecule has 10 heavy (non-hydrogen) atoms. The lowest BCUT2D eigenvalue weighted by molar-refractivity contribution is -0.138. The molecule has 4 nitrogen and oxygen atoms in total. The van der Waals surface area contributed by atoms with Crippen molar-refractivity contribution < 1.29 is 15.4 Å². The molecular weight excluding hydrogens is 154 g/mol. The lowest BCUT2D eigenvalue weighted by atomic mass is 10.2. The van der Waals surface area contributed by atoms with Crippen LogP contribution >= 0.6 is 11.8 Å². The molecule has 0 saturated carbocycles. The first-order chi connectivity index (χ1) is 4.18. The van der Waals surface area contributed by atoms with Crippen molar-refractivity contribution in [1.82, 2.24) is 0 Å². The van der Waals surface area contributed by atoms with Crippen molar-refractivity contribution in [3.8, 4) is 0 Å². The van der Waals surface area contributed by atoms with Gasteiger partial charge in [-0.1, -0.05) is 0 Å². The number of carboxylic acids is 1. The minimum absolute atomic E-state index is 0. The zero-order chi connectivity index (χ0) is 7.28. The van der Waals surface area contributed by atoms with Crippen molar-refractivity contribution in [3.05, 3.63) is 0 Å². The van der Waals surface area contributed by atoms with E-state index in [4.69, 9.17) is 10.8 Å². The van der Waals surface area contributed by atoms with Crippen LogP contribution in [-0.4, -0.2) is 34.6 Å². The van der Waals surface area contributed by atoms with Gasteiger partial charge in [-0.2, -0.15) is 11.8 Å². The van der Waals surface area contributed by atoms with Crippen molar-refractivity contribution in [2.24, 2.45) is 5.73 Å². The third-order valence-corrected chi connectivity index (χ3v) is 1.59. The molecule has 0 unspecified atom stereocenters. The molecule has 0 aliphatic carbocycles. The van der Waals surface area contributed by atoms with Crippen molar-refractivity contribution in [3.63, 3.8) is 0 Å². The van der Waals surface area contributed by atoms with E-state index in [1.807, 2.05) is 6.26 Å². The molecule has 0 bridgehead atoms. The Bertz CT molecular complexity index is 98.9. The molecule has 0 aliphatic heterocycles. The summed E-state index contributed by atoms with van der Waals surface area (Å²) < 4.78 is 0. The summed E-state index contributed by atoms with van der Waals surface area (Å²) in [6, 6.07) is -0.683. The average Bonchev–Trinajstić information content (AvgIpc) is 1.82. The summed E-state index contributed by atoms with van der Waals surface area (Å²) in [7, 11) is 0. The summed E-state index contributed by atoms with van der Waals surface area (Å²) in [5, 5.41) is 8.27. The van der Waals surface area contributed by atoms with E-state index in [0.29, 0.717) is 6.42 Å². The van der Waals surface area contributed by atoms with E-state index in [-0.39, 0.29) is 5.48 Å². The van der Waals surface area contributed by atoms with Gasteiger partial charge < -0.3 is 16.3 Å². The summed E-state index contributed by atoms with van der Waals surface area (Å²) in [5.41, 5.74) is 5.19. The van der Waals surface area contributed by atoms with Crippen LogP contribution in [-0.2, 0) is 4.79 Å². The van der Waals surface area contributed by atoms with Crippen LogP contribution in [0.2, 0.25) is 0 Å². The second kappa shape index (κ2) is 6.85. The van der Waals surface area contributed by atoms with Crippen LogP contribution < -0.4 is 5.73 Å². The number of nitrogens with two attached hydrogens (primary N) is 1. The highest BCUT2D eigenvalue weighted by molar-refractivity contribution is 7.98. The van der Waals surface area contributed by atoms with Crippen molar-refractivity contribution in [2.75, 3.05) is 12.0 Å². The highest BCUT2D eigenvalue weighted by atomic mass is 32.2. The van der Waals surface area contributed by atoms with Gasteiger partial charge in [-0.15, -0.1) is 0 Å². The molecule has 0 rings (SSSR count). The largest absolute Gasteiger partial charge is 0.480 e. The number of aliphatic carboxylic acids is 1. The number of rotatable bonds is 4. The fourth-order valence-corrected chi connectivity index (χ4v) is 0.858. The minimum Gasteiger partial charge on any atom is -0.480 e. The topological polar surface area (TPSA) is 94.8 Å². The molecule has 5 N–H and O–H groups in total. The number of carboxylic acid groups (broad SMARTS) is 1. The second-order valence-electron chi connectivity index (χ2n) is 1.73. The molecule has 62 valence electrons. The monoisotopic (exact) mass is 167 g/mol. The zero-order valence-corrected chi connectivity index (χ0v) is 6.65. The number of carbonyl (C=O) groups is 1. The van der Waals surface area contributed by atoms with Crippen LogP contribution in [0.1, 0.15) is 6.42 Å². The van der Waals surface area contributed by atoms with Crippen LogP contribution in [0.25, 0.3) is 0 Å². The van der Waals surface area contributed by atoms with Crippen molar-refractivity contribution >= 4 is 17.7 Å². The Kier molecular flexibility index (Phi) is 8.51. The first kappa shape index (κ1) is 12.4. The van der Waals surface area contributed by atoms with E-state index < -0.39 is 12.0 Å². The van der Waals surface area contributed by atoms with E-state index in [9.17, 15) is 4.79 Å². The molecule has 0 fully saturated rings. The van der Waals surface area contributed by atoms with E-state index >= 15 is 0 Å². The maximum Gasteiger partial charge on any atom is 0.320 e. The lowest BCUT2D eigenvalue weighted by Crippen LogP contribution is -2.30. The van der Waals surface area contributed by atoms with Gasteiger partial charge in [0, 0.05) is 0 Å². The second-order valence-corrected chi connectivity index (χ2v) is 2.71. The average molecular weight is 167 g/mol. The molecule has 0 saturated heterocycles. The number of thioether (sulfide) groups is 1. The van der Waals surface area contributed by atoms with E-state index in [2.05, 4.69) is 0 Å². The van der Waals surface area contributed by atoms with Crippen LogP contribution in [0, 0.1) is 0 Å². The molecule has 1 atom stereocenters. The Labute approximate surface area is 64.1 Å². The summed E-state index contributed by atoms with van der Waals surface area (Å²) in [6.45, 7) is 0. The van der Waals surface area contributed by atoms with Gasteiger partial charge in [0.1, 0.15) is 6.04 Å². The summed E-state index contributed by atoms with van der Waals surface area (Å²) in [5.74, 6) is -0.1000. The maximum atomic E-state index is 10.1. The lowest BCUT2D eigenvalue weighted by Gasteiger charge is -2.02. The molecule has 0 heterocycles. The maximum absolute atomic E-state index is 10.1. The molecule has 0 spiro atoms. The number of hydrogen-bond donors (Lipinski definition) is 2. The Balaban J connectivity index is 0. The fraction of sp³-hybridized carbons (Fsp3) is 0.800. The van der Waals surface area contributed by atoms with E-state index in [1.54, 1.807) is 11.8 Å². The van der Waals surface area contributed by atoms with Gasteiger partial charge in [0.2, 0.25) is 0 Å². The van der Waals surface area contributed by atoms with Crippen molar-refractivity contribution in [2.45, 2.75) is 12.5 Å². The first-order valence-electron chi connectivity index (χ1n) is 2.65. The van der Waals surface area contributed by atoms with Gasteiger partial charge in [-0.05, 0) is 18.4 Å². The SMILES string of the molecule is CSCC[C@@H](N)C(=O)O.O. The molecule has 0 aromatic heterocycles. The van der Waals surface area contributed by atoms with Gasteiger partial charge in [-0.25, -0.2) is 0 Å². The quantitative estimate of drug-likeness (QED) is 0.580. The standard InChI is InChI=1S/C5H11NO2S.H2O/c1-9-3-2-4(6)5(7)8;/h4H,2-3,6H2,1H3,(H,7,8);1H2/t4-;/m1./s1. The molecular formula is C5H13NO3S. The highest BCUT2D eigenvalue weighted by Crippen LogP contribution is 1.97. The third kappa shape index (κ3) is 5.87. The Morgan fingerprint density at radius 3 is 2.60 bits per heavy atom. The molecule has 0 aromatic carbocycles. The highest BCUT2D eigenvalue weighted by Gasteiger charge is 2.08. The Morgan fingerprint density at radius 2 is 2.30 bits per heavy atom. The zero-order valence-electron chi connectivity index (χ0n) is 5.83. The summed E-state index contributed by atoms with van der Waals surface area (Å²) >= 11 is 1.60. The molecule has 0 aliphatic rings. The van der Waals surface area contributed by atoms with E-state index in [1.165, 1.54) is 0 Å². The predicted molar refractivity (Wildman–Crippen MR) is 42.2 cm³/mol. The molecule has 0 amide bonds. The van der Waals surface area contributed by atoms with Crippen molar-refractivity contribution in [1.29, 1.82) is 0 Å². The van der Waals surface area contributed by atoms with E-state index in [0.717, 1.165) is 5.75 Å². The Morgan fingerprint density at radius 1 is 1.80 bits per heavy atom. The Hall–Kier alpha value is -0.260.